The summed E-state index contributed by atoms with van der Waals surface area (Å²) in [5.41, 5.74) is 1.70. The predicted molar refractivity (Wildman–Crippen MR) is 101 cm³/mol. The fourth-order valence-corrected chi connectivity index (χ4v) is 3.81. The molecule has 148 valence electrons. The van der Waals surface area contributed by atoms with E-state index >= 15 is 0 Å². The van der Waals surface area contributed by atoms with Gasteiger partial charge in [0.2, 0.25) is 5.91 Å². The molecule has 0 saturated carbocycles. The van der Waals surface area contributed by atoms with Gasteiger partial charge in [-0.2, -0.15) is 5.10 Å². The van der Waals surface area contributed by atoms with Gasteiger partial charge in [-0.3, -0.25) is 9.48 Å². The van der Waals surface area contributed by atoms with Crippen molar-refractivity contribution in [2.45, 2.75) is 45.6 Å². The molecule has 3 aromatic rings. The Hall–Kier alpha value is -2.97. The third-order valence-corrected chi connectivity index (χ3v) is 5.58. The molecule has 0 spiro atoms. The van der Waals surface area contributed by atoms with Crippen molar-refractivity contribution in [3.63, 3.8) is 0 Å². The lowest BCUT2D eigenvalue weighted by atomic mass is 9.95. The zero-order valence-corrected chi connectivity index (χ0v) is 16.5. The topological polar surface area (TPSA) is 94.9 Å². The number of piperidine rings is 1. The van der Waals surface area contributed by atoms with E-state index in [-0.39, 0.29) is 5.91 Å². The zero-order valence-electron chi connectivity index (χ0n) is 16.5. The quantitative estimate of drug-likeness (QED) is 0.664. The standard InChI is InChI=1S/C19H25N7O2/c1-13-16(14(2)28-23-13)11-18(27)25-9-5-15(6-10-25)19-22-21-17(24(19)3)12-26-8-4-7-20-26/h4,7-8,15H,5-6,9-12H2,1-3H3. The third-order valence-electron chi connectivity index (χ3n) is 5.58. The summed E-state index contributed by atoms with van der Waals surface area (Å²) in [5, 5.41) is 16.9. The highest BCUT2D eigenvalue weighted by Gasteiger charge is 2.28. The molecule has 4 rings (SSSR count). The van der Waals surface area contributed by atoms with Crippen LogP contribution < -0.4 is 0 Å². The normalized spacial score (nSPS) is 15.3. The zero-order chi connectivity index (χ0) is 19.7. The molecule has 1 aliphatic rings. The maximum absolute atomic E-state index is 12.7. The average molecular weight is 383 g/mol. The second-order valence-electron chi connectivity index (χ2n) is 7.37. The molecule has 0 atom stereocenters. The van der Waals surface area contributed by atoms with Gasteiger partial charge < -0.3 is 14.0 Å². The van der Waals surface area contributed by atoms with Crippen LogP contribution in [0.25, 0.3) is 0 Å². The fourth-order valence-electron chi connectivity index (χ4n) is 3.81. The minimum Gasteiger partial charge on any atom is -0.361 e. The Kier molecular flexibility index (Phi) is 4.97. The number of aryl methyl sites for hydroxylation is 2. The number of nitrogens with zero attached hydrogens (tertiary/aromatic N) is 7. The van der Waals surface area contributed by atoms with E-state index in [4.69, 9.17) is 4.52 Å². The molecule has 0 N–H and O–H groups in total. The van der Waals surface area contributed by atoms with Crippen LogP contribution in [0.4, 0.5) is 0 Å². The maximum atomic E-state index is 12.7. The molecule has 0 radical (unpaired) electrons. The average Bonchev–Trinajstić information content (AvgIpc) is 3.41. The Morgan fingerprint density at radius 1 is 1.25 bits per heavy atom. The summed E-state index contributed by atoms with van der Waals surface area (Å²) in [6, 6.07) is 1.90. The van der Waals surface area contributed by atoms with Crippen molar-refractivity contribution in [1.82, 2.24) is 34.6 Å². The van der Waals surface area contributed by atoms with E-state index in [1.165, 1.54) is 0 Å². The van der Waals surface area contributed by atoms with Gasteiger partial charge in [-0.05, 0) is 32.8 Å². The first-order chi connectivity index (χ1) is 13.5. The van der Waals surface area contributed by atoms with Crippen LogP contribution in [0.5, 0.6) is 0 Å². The lowest BCUT2D eigenvalue weighted by Gasteiger charge is -2.31. The summed E-state index contributed by atoms with van der Waals surface area (Å²) >= 11 is 0. The van der Waals surface area contributed by atoms with Crippen LogP contribution in [-0.4, -0.2) is 53.6 Å². The summed E-state index contributed by atoms with van der Waals surface area (Å²) in [6.07, 6.45) is 5.80. The van der Waals surface area contributed by atoms with E-state index < -0.39 is 0 Å². The Morgan fingerprint density at radius 3 is 2.68 bits per heavy atom. The molecule has 0 aromatic carbocycles. The third kappa shape index (κ3) is 3.56. The predicted octanol–water partition coefficient (Wildman–Crippen LogP) is 1.61. The van der Waals surface area contributed by atoms with E-state index in [9.17, 15) is 4.79 Å². The molecule has 3 aromatic heterocycles. The van der Waals surface area contributed by atoms with Gasteiger partial charge in [0.1, 0.15) is 18.1 Å². The molecule has 9 heteroatoms. The summed E-state index contributed by atoms with van der Waals surface area (Å²) in [4.78, 5) is 14.6. The van der Waals surface area contributed by atoms with E-state index in [2.05, 4.69) is 25.0 Å². The molecular weight excluding hydrogens is 358 g/mol. The van der Waals surface area contributed by atoms with Gasteiger partial charge in [0.05, 0.1) is 12.1 Å². The first-order valence-electron chi connectivity index (χ1n) is 9.58. The molecule has 4 heterocycles. The number of carbonyl (C=O) groups excluding carboxylic acids is 1. The fraction of sp³-hybridized carbons (Fsp3) is 0.526. The van der Waals surface area contributed by atoms with Crippen molar-refractivity contribution in [3.8, 4) is 0 Å². The molecule has 0 unspecified atom stereocenters. The van der Waals surface area contributed by atoms with Gasteiger partial charge in [-0.15, -0.1) is 10.2 Å². The Labute approximate surface area is 163 Å². The highest BCUT2D eigenvalue weighted by Crippen LogP contribution is 2.27. The van der Waals surface area contributed by atoms with Crippen molar-refractivity contribution in [1.29, 1.82) is 0 Å². The lowest BCUT2D eigenvalue weighted by Crippen LogP contribution is -2.39. The smallest absolute Gasteiger partial charge is 0.227 e. The monoisotopic (exact) mass is 383 g/mol. The lowest BCUT2D eigenvalue weighted by molar-refractivity contribution is -0.131. The number of rotatable bonds is 5. The summed E-state index contributed by atoms with van der Waals surface area (Å²) < 4.78 is 9.07. The van der Waals surface area contributed by atoms with Gasteiger partial charge in [0.15, 0.2) is 5.82 Å². The van der Waals surface area contributed by atoms with E-state index in [1.807, 2.05) is 42.7 Å². The minimum absolute atomic E-state index is 0.130. The number of aromatic nitrogens is 6. The largest absolute Gasteiger partial charge is 0.361 e. The van der Waals surface area contributed by atoms with Crippen LogP contribution in [0, 0.1) is 13.8 Å². The second kappa shape index (κ2) is 7.57. The van der Waals surface area contributed by atoms with Crippen LogP contribution in [0.15, 0.2) is 23.0 Å². The molecule has 1 saturated heterocycles. The summed E-state index contributed by atoms with van der Waals surface area (Å²) in [7, 11) is 2.00. The Balaban J connectivity index is 1.36. The number of likely N-dealkylation sites (tertiary alicyclic amines) is 1. The molecule has 0 bridgehead atoms. The Morgan fingerprint density at radius 2 is 2.04 bits per heavy atom. The SMILES string of the molecule is Cc1noc(C)c1CC(=O)N1CCC(c2nnc(Cn3cccn3)n2C)CC1. The number of amides is 1. The van der Waals surface area contributed by atoms with Gasteiger partial charge in [0, 0.05) is 44.0 Å². The van der Waals surface area contributed by atoms with Gasteiger partial charge in [0.25, 0.3) is 0 Å². The van der Waals surface area contributed by atoms with Gasteiger partial charge >= 0.3 is 0 Å². The second-order valence-corrected chi connectivity index (χ2v) is 7.37. The van der Waals surface area contributed by atoms with Gasteiger partial charge in [-0.1, -0.05) is 5.16 Å². The van der Waals surface area contributed by atoms with E-state index in [1.54, 1.807) is 6.20 Å². The molecule has 28 heavy (non-hydrogen) atoms. The summed E-state index contributed by atoms with van der Waals surface area (Å²) in [5.74, 6) is 3.04. The van der Waals surface area contributed by atoms with Crippen LogP contribution in [0.2, 0.25) is 0 Å². The number of hydrogen-bond donors (Lipinski definition) is 0. The minimum atomic E-state index is 0.130. The summed E-state index contributed by atoms with van der Waals surface area (Å²) in [6.45, 7) is 5.79. The molecule has 1 amide bonds. The van der Waals surface area contributed by atoms with Crippen molar-refractivity contribution in [2.24, 2.45) is 7.05 Å². The van der Waals surface area contributed by atoms with Crippen molar-refractivity contribution in [2.75, 3.05) is 13.1 Å². The Bertz CT molecular complexity index is 930. The number of carbonyl (C=O) groups is 1. The molecule has 1 aliphatic heterocycles. The van der Waals surface area contributed by atoms with Crippen molar-refractivity contribution < 1.29 is 9.32 Å². The van der Waals surface area contributed by atoms with E-state index in [0.717, 1.165) is 54.6 Å². The van der Waals surface area contributed by atoms with E-state index in [0.29, 0.717) is 18.9 Å². The van der Waals surface area contributed by atoms with Crippen molar-refractivity contribution >= 4 is 5.91 Å². The highest BCUT2D eigenvalue weighted by molar-refractivity contribution is 5.79. The molecular formula is C19H25N7O2. The van der Waals surface area contributed by atoms with Crippen LogP contribution in [-0.2, 0) is 24.8 Å². The number of hydrogen-bond acceptors (Lipinski definition) is 6. The highest BCUT2D eigenvalue weighted by atomic mass is 16.5. The van der Waals surface area contributed by atoms with Crippen LogP contribution in [0.3, 0.4) is 0 Å². The van der Waals surface area contributed by atoms with Crippen LogP contribution >= 0.6 is 0 Å². The molecule has 9 nitrogen and oxygen atoms in total. The first kappa shape index (κ1) is 18.4. The molecule has 0 aliphatic carbocycles. The van der Waals surface area contributed by atoms with Crippen molar-refractivity contribution in [3.05, 3.63) is 47.1 Å². The molecule has 1 fully saturated rings. The van der Waals surface area contributed by atoms with Gasteiger partial charge in [-0.25, -0.2) is 0 Å². The maximum Gasteiger partial charge on any atom is 0.227 e. The first-order valence-corrected chi connectivity index (χ1v) is 9.58. The van der Waals surface area contributed by atoms with Crippen LogP contribution in [0.1, 0.15) is 47.4 Å².